The fourth-order valence-electron chi connectivity index (χ4n) is 5.37. The summed E-state index contributed by atoms with van der Waals surface area (Å²) in [6, 6.07) is 9.60. The van der Waals surface area contributed by atoms with Crippen molar-refractivity contribution in [3.8, 4) is 11.8 Å². The molecule has 6 nitrogen and oxygen atoms in total. The van der Waals surface area contributed by atoms with Crippen LogP contribution in [0.3, 0.4) is 0 Å². The number of benzene rings is 1. The van der Waals surface area contributed by atoms with Gasteiger partial charge in [-0.3, -0.25) is 4.90 Å². The summed E-state index contributed by atoms with van der Waals surface area (Å²) in [4.78, 5) is 21.5. The number of fused-ring (bicyclic) bond motifs is 3. The van der Waals surface area contributed by atoms with Crippen LogP contribution in [0.5, 0.6) is 0 Å². The molecule has 1 saturated carbocycles. The van der Waals surface area contributed by atoms with E-state index in [-0.39, 0.29) is 5.92 Å². The highest BCUT2D eigenvalue weighted by Crippen LogP contribution is 2.43. The molecule has 2 bridgehead atoms. The SMILES string of the molecule is CO[C@]1(C#CC(F)(c2ccccc2)C2CCCCC2)CN2CCC1CC2.O=C(O)/C=C/C(=O)O. The third kappa shape index (κ3) is 6.25. The minimum atomic E-state index is -1.57. The Hall–Kier alpha value is -2.69. The van der Waals surface area contributed by atoms with E-state index in [4.69, 9.17) is 14.9 Å². The van der Waals surface area contributed by atoms with Crippen molar-refractivity contribution in [2.24, 2.45) is 11.8 Å². The van der Waals surface area contributed by atoms with Crippen LogP contribution in [-0.2, 0) is 20.0 Å². The fraction of sp³-hybridized carbons (Fsp3) is 0.556. The number of nitrogens with zero attached hydrogens (tertiary/aromatic N) is 1. The molecule has 3 aliphatic heterocycles. The Balaban J connectivity index is 0.000000350. The molecule has 5 rings (SSSR count). The van der Waals surface area contributed by atoms with Gasteiger partial charge in [-0.25, -0.2) is 14.0 Å². The Morgan fingerprint density at radius 1 is 1.06 bits per heavy atom. The van der Waals surface area contributed by atoms with Crippen molar-refractivity contribution < 1.29 is 28.9 Å². The van der Waals surface area contributed by atoms with Gasteiger partial charge >= 0.3 is 11.9 Å². The molecule has 0 radical (unpaired) electrons. The van der Waals surface area contributed by atoms with Crippen LogP contribution in [0.4, 0.5) is 4.39 Å². The number of alkyl halides is 1. The third-order valence-corrected chi connectivity index (χ3v) is 7.26. The summed E-state index contributed by atoms with van der Waals surface area (Å²) in [5.74, 6) is 4.42. The van der Waals surface area contributed by atoms with Gasteiger partial charge in [0.1, 0.15) is 5.60 Å². The smallest absolute Gasteiger partial charge is 0.328 e. The van der Waals surface area contributed by atoms with E-state index in [1.54, 1.807) is 7.11 Å². The zero-order chi connectivity index (χ0) is 24.6. The molecule has 7 heteroatoms. The molecular formula is C27H34FNO5. The first-order chi connectivity index (χ1) is 16.3. The molecule has 184 valence electrons. The summed E-state index contributed by atoms with van der Waals surface area (Å²) >= 11 is 0. The number of halogens is 1. The van der Waals surface area contributed by atoms with Crippen LogP contribution in [0.25, 0.3) is 0 Å². The van der Waals surface area contributed by atoms with Gasteiger partial charge < -0.3 is 14.9 Å². The van der Waals surface area contributed by atoms with Crippen LogP contribution < -0.4 is 0 Å². The van der Waals surface area contributed by atoms with Crippen molar-refractivity contribution in [3.63, 3.8) is 0 Å². The topological polar surface area (TPSA) is 87.1 Å². The molecular weight excluding hydrogens is 437 g/mol. The molecule has 2 atom stereocenters. The van der Waals surface area contributed by atoms with E-state index in [1.165, 1.54) is 6.42 Å². The average Bonchev–Trinajstić information content (AvgIpc) is 2.88. The summed E-state index contributed by atoms with van der Waals surface area (Å²) in [6.07, 6.45) is 8.62. The Morgan fingerprint density at radius 2 is 1.65 bits per heavy atom. The zero-order valence-corrected chi connectivity index (χ0v) is 19.7. The second-order valence-corrected chi connectivity index (χ2v) is 9.32. The molecule has 4 fully saturated rings. The van der Waals surface area contributed by atoms with Gasteiger partial charge in [0.2, 0.25) is 0 Å². The molecule has 34 heavy (non-hydrogen) atoms. The second-order valence-electron chi connectivity index (χ2n) is 9.32. The van der Waals surface area contributed by atoms with E-state index in [0.717, 1.165) is 58.2 Å². The Morgan fingerprint density at radius 3 is 2.12 bits per heavy atom. The highest BCUT2D eigenvalue weighted by molar-refractivity contribution is 5.89. The minimum Gasteiger partial charge on any atom is -0.478 e. The van der Waals surface area contributed by atoms with E-state index in [0.29, 0.717) is 23.6 Å². The largest absolute Gasteiger partial charge is 0.478 e. The molecule has 1 aliphatic carbocycles. The monoisotopic (exact) mass is 471 g/mol. The van der Waals surface area contributed by atoms with Crippen LogP contribution in [0.15, 0.2) is 42.5 Å². The van der Waals surface area contributed by atoms with Gasteiger partial charge in [0.25, 0.3) is 0 Å². The molecule has 1 aromatic rings. The number of carbonyl (C=O) groups is 2. The van der Waals surface area contributed by atoms with Crippen LogP contribution in [0.2, 0.25) is 0 Å². The van der Waals surface area contributed by atoms with Crippen LogP contribution in [-0.4, -0.2) is 59.4 Å². The molecule has 1 aromatic carbocycles. The Labute approximate surface area is 200 Å². The van der Waals surface area contributed by atoms with E-state index in [2.05, 4.69) is 16.7 Å². The minimum absolute atomic E-state index is 0.0128. The quantitative estimate of drug-likeness (QED) is 0.493. The van der Waals surface area contributed by atoms with Crippen molar-refractivity contribution >= 4 is 11.9 Å². The van der Waals surface area contributed by atoms with Gasteiger partial charge in [-0.2, -0.15) is 0 Å². The lowest BCUT2D eigenvalue weighted by Crippen LogP contribution is -2.59. The second kappa shape index (κ2) is 11.6. The number of hydrogen-bond acceptors (Lipinski definition) is 4. The maximum Gasteiger partial charge on any atom is 0.328 e. The van der Waals surface area contributed by atoms with Gasteiger partial charge in [-0.05, 0) is 38.8 Å². The van der Waals surface area contributed by atoms with Crippen molar-refractivity contribution in [2.75, 3.05) is 26.7 Å². The first kappa shape index (κ1) is 25.9. The number of hydrogen-bond donors (Lipinski definition) is 2. The molecule has 0 aromatic heterocycles. The number of ether oxygens (including phenoxy) is 1. The number of aliphatic carboxylic acids is 2. The average molecular weight is 472 g/mol. The first-order valence-corrected chi connectivity index (χ1v) is 12.0. The van der Waals surface area contributed by atoms with Crippen LogP contribution in [0.1, 0.15) is 50.5 Å². The molecule has 2 N–H and O–H groups in total. The van der Waals surface area contributed by atoms with E-state index < -0.39 is 23.2 Å². The highest BCUT2D eigenvalue weighted by Gasteiger charge is 2.47. The highest BCUT2D eigenvalue weighted by atomic mass is 19.1. The Kier molecular flexibility index (Phi) is 8.87. The van der Waals surface area contributed by atoms with Crippen molar-refractivity contribution in [1.82, 2.24) is 4.90 Å². The van der Waals surface area contributed by atoms with Gasteiger partial charge in [0.15, 0.2) is 5.67 Å². The predicted molar refractivity (Wildman–Crippen MR) is 127 cm³/mol. The molecule has 0 spiro atoms. The van der Waals surface area contributed by atoms with Crippen LogP contribution in [0, 0.1) is 23.7 Å². The summed E-state index contributed by atoms with van der Waals surface area (Å²) in [6.45, 7) is 3.07. The summed E-state index contributed by atoms with van der Waals surface area (Å²) in [7, 11) is 1.75. The van der Waals surface area contributed by atoms with E-state index >= 15 is 4.39 Å². The molecule has 3 heterocycles. The summed E-state index contributed by atoms with van der Waals surface area (Å²) in [5, 5.41) is 15.6. The van der Waals surface area contributed by atoms with E-state index in [1.807, 2.05) is 30.3 Å². The predicted octanol–water partition coefficient (Wildman–Crippen LogP) is 4.26. The van der Waals surface area contributed by atoms with Gasteiger partial charge in [-0.1, -0.05) is 61.4 Å². The molecule has 3 saturated heterocycles. The number of carboxylic acid groups (broad SMARTS) is 2. The molecule has 1 unspecified atom stereocenters. The maximum absolute atomic E-state index is 16.5. The molecule has 4 aliphatic rings. The zero-order valence-electron chi connectivity index (χ0n) is 19.7. The Bertz CT molecular complexity index is 909. The molecule has 0 amide bonds. The fourth-order valence-corrected chi connectivity index (χ4v) is 5.37. The van der Waals surface area contributed by atoms with Gasteiger partial charge in [0, 0.05) is 43.2 Å². The lowest BCUT2D eigenvalue weighted by atomic mass is 9.72. The van der Waals surface area contributed by atoms with Crippen molar-refractivity contribution in [2.45, 2.75) is 56.2 Å². The van der Waals surface area contributed by atoms with Crippen molar-refractivity contribution in [3.05, 3.63) is 48.0 Å². The normalized spacial score (nSPS) is 28.2. The lowest BCUT2D eigenvalue weighted by Gasteiger charge is -2.50. The van der Waals surface area contributed by atoms with Crippen molar-refractivity contribution in [1.29, 1.82) is 0 Å². The lowest BCUT2D eigenvalue weighted by molar-refractivity contribution is -0.134. The standard InChI is InChI=1S/C23H30FNO.C4H4O4/c1-26-22(18-25-16-12-19(22)13-17-25)14-15-23(24,20-8-4-2-5-9-20)21-10-6-3-7-11-21;5-3(6)1-2-4(7)8/h2,4-5,8-9,19,21H,3,6-7,10-13,16-18H2,1H3;1-2H,(H,5,6)(H,7,8)/b;2-1+/t22-,23?;/m1./s1. The van der Waals surface area contributed by atoms with Crippen LogP contribution >= 0.6 is 0 Å². The third-order valence-electron chi connectivity index (χ3n) is 7.26. The number of methoxy groups -OCH3 is 1. The van der Waals surface area contributed by atoms with E-state index in [9.17, 15) is 9.59 Å². The number of piperidine rings is 3. The van der Waals surface area contributed by atoms with Gasteiger partial charge in [-0.15, -0.1) is 0 Å². The number of carboxylic acids is 2. The number of rotatable bonds is 5. The summed E-state index contributed by atoms with van der Waals surface area (Å²) < 4.78 is 22.4. The summed E-state index contributed by atoms with van der Waals surface area (Å²) in [5.41, 5.74) is -1.36. The first-order valence-electron chi connectivity index (χ1n) is 12.0. The maximum atomic E-state index is 16.5. The van der Waals surface area contributed by atoms with Gasteiger partial charge in [0.05, 0.1) is 0 Å².